The fourth-order valence-electron chi connectivity index (χ4n) is 1.99. The van der Waals surface area contributed by atoms with Crippen LogP contribution in [-0.4, -0.2) is 23.5 Å². The summed E-state index contributed by atoms with van der Waals surface area (Å²) in [6.45, 7) is 4.94. The van der Waals surface area contributed by atoms with Gasteiger partial charge in [-0.15, -0.1) is 0 Å². The fraction of sp³-hybridized carbons (Fsp3) is 0.636. The zero-order valence-corrected chi connectivity index (χ0v) is 10.9. The summed E-state index contributed by atoms with van der Waals surface area (Å²) in [5, 5.41) is 6.75. The van der Waals surface area contributed by atoms with Crippen molar-refractivity contribution in [3.8, 4) is 0 Å². The summed E-state index contributed by atoms with van der Waals surface area (Å²) in [5.41, 5.74) is 5.73. The van der Waals surface area contributed by atoms with Gasteiger partial charge in [-0.3, -0.25) is 4.79 Å². The van der Waals surface area contributed by atoms with Crippen LogP contribution >= 0.6 is 11.3 Å². The molecule has 4 N–H and O–H groups in total. The summed E-state index contributed by atoms with van der Waals surface area (Å²) in [4.78, 5) is 16.6. The standard InChI is InChI=1S/C11H18N4OS/c1-3-13-11-15-9(12)8(17-11)10(16)14-7-4-6(2)5-7/h6-7H,3-5,12H2,1-2H3,(H,13,15)(H,14,16). The Bertz CT molecular complexity index is 412. The summed E-state index contributed by atoms with van der Waals surface area (Å²) in [6.07, 6.45) is 2.12. The van der Waals surface area contributed by atoms with Crippen LogP contribution in [0.1, 0.15) is 36.4 Å². The van der Waals surface area contributed by atoms with Gasteiger partial charge in [-0.1, -0.05) is 18.3 Å². The second-order valence-electron chi connectivity index (χ2n) is 4.51. The maximum absolute atomic E-state index is 11.9. The molecule has 0 unspecified atom stereocenters. The van der Waals surface area contributed by atoms with Crippen molar-refractivity contribution < 1.29 is 4.79 Å². The van der Waals surface area contributed by atoms with Crippen molar-refractivity contribution in [2.45, 2.75) is 32.7 Å². The lowest BCUT2D eigenvalue weighted by Gasteiger charge is -2.33. The summed E-state index contributed by atoms with van der Waals surface area (Å²) >= 11 is 1.31. The lowest BCUT2D eigenvalue weighted by Crippen LogP contribution is -2.43. The van der Waals surface area contributed by atoms with E-state index in [1.807, 2.05) is 6.92 Å². The Morgan fingerprint density at radius 2 is 2.29 bits per heavy atom. The molecule has 1 fully saturated rings. The molecule has 1 aliphatic carbocycles. The number of nitrogen functional groups attached to an aromatic ring is 1. The maximum atomic E-state index is 11.9. The first-order chi connectivity index (χ1) is 8.10. The van der Waals surface area contributed by atoms with E-state index in [4.69, 9.17) is 5.73 Å². The molecule has 0 spiro atoms. The Morgan fingerprint density at radius 1 is 1.59 bits per heavy atom. The van der Waals surface area contributed by atoms with E-state index in [0.29, 0.717) is 21.9 Å². The number of hydrogen-bond acceptors (Lipinski definition) is 5. The maximum Gasteiger partial charge on any atom is 0.265 e. The van der Waals surface area contributed by atoms with E-state index in [0.717, 1.165) is 25.3 Å². The monoisotopic (exact) mass is 254 g/mol. The summed E-state index contributed by atoms with van der Waals surface area (Å²) in [6, 6.07) is 0.307. The van der Waals surface area contributed by atoms with Gasteiger partial charge >= 0.3 is 0 Å². The number of amides is 1. The Labute approximate surface area is 105 Å². The first-order valence-electron chi connectivity index (χ1n) is 5.91. The molecule has 0 aliphatic heterocycles. The van der Waals surface area contributed by atoms with Gasteiger partial charge in [-0.2, -0.15) is 0 Å². The van der Waals surface area contributed by atoms with E-state index in [1.165, 1.54) is 11.3 Å². The molecule has 1 heterocycles. The Hall–Kier alpha value is -1.30. The molecule has 0 atom stereocenters. The van der Waals surface area contributed by atoms with E-state index in [1.54, 1.807) is 0 Å². The number of nitrogens with zero attached hydrogens (tertiary/aromatic N) is 1. The summed E-state index contributed by atoms with van der Waals surface area (Å²) in [5.74, 6) is 0.938. The number of nitrogens with one attached hydrogen (secondary N) is 2. The van der Waals surface area contributed by atoms with Gasteiger partial charge in [0.2, 0.25) is 0 Å². The molecule has 6 heteroatoms. The van der Waals surface area contributed by atoms with Crippen LogP contribution in [0.5, 0.6) is 0 Å². The Kier molecular flexibility index (Phi) is 3.51. The van der Waals surface area contributed by atoms with Crippen LogP contribution in [0.25, 0.3) is 0 Å². The van der Waals surface area contributed by atoms with Crippen molar-refractivity contribution in [2.75, 3.05) is 17.6 Å². The van der Waals surface area contributed by atoms with Crippen LogP contribution in [-0.2, 0) is 0 Å². The van der Waals surface area contributed by atoms with Gasteiger partial charge in [0.15, 0.2) is 5.13 Å². The largest absolute Gasteiger partial charge is 0.382 e. The summed E-state index contributed by atoms with van der Waals surface area (Å²) in [7, 11) is 0. The quantitative estimate of drug-likeness (QED) is 0.764. The average molecular weight is 254 g/mol. The molecular formula is C11H18N4OS. The second kappa shape index (κ2) is 4.91. The third-order valence-corrected chi connectivity index (χ3v) is 3.92. The summed E-state index contributed by atoms with van der Waals surface area (Å²) < 4.78 is 0. The number of nitrogens with two attached hydrogens (primary N) is 1. The lowest BCUT2D eigenvalue weighted by atomic mass is 9.82. The van der Waals surface area contributed by atoms with E-state index >= 15 is 0 Å². The lowest BCUT2D eigenvalue weighted by molar-refractivity contribution is 0.0901. The normalized spacial score (nSPS) is 22.9. The number of thiazole rings is 1. The molecule has 1 saturated carbocycles. The Balaban J connectivity index is 1.98. The molecule has 5 nitrogen and oxygen atoms in total. The topological polar surface area (TPSA) is 80.0 Å². The van der Waals surface area contributed by atoms with Gasteiger partial charge in [-0.25, -0.2) is 4.98 Å². The van der Waals surface area contributed by atoms with Crippen LogP contribution < -0.4 is 16.4 Å². The molecule has 0 bridgehead atoms. The number of carbonyl (C=O) groups excluding carboxylic acids is 1. The number of rotatable bonds is 4. The minimum Gasteiger partial charge on any atom is -0.382 e. The first-order valence-corrected chi connectivity index (χ1v) is 6.72. The molecule has 1 amide bonds. The van der Waals surface area contributed by atoms with Gasteiger partial charge in [0.1, 0.15) is 10.7 Å². The van der Waals surface area contributed by atoms with Crippen LogP contribution in [0.2, 0.25) is 0 Å². The molecule has 1 aromatic rings. The predicted octanol–water partition coefficient (Wildman–Crippen LogP) is 1.69. The minimum absolute atomic E-state index is 0.0962. The van der Waals surface area contributed by atoms with Crippen molar-refractivity contribution in [2.24, 2.45) is 5.92 Å². The SMILES string of the molecule is CCNc1nc(N)c(C(=O)NC2CC(C)C2)s1. The first kappa shape index (κ1) is 12.2. The van der Waals surface area contributed by atoms with Crippen molar-refractivity contribution >= 4 is 28.2 Å². The highest BCUT2D eigenvalue weighted by Gasteiger charge is 2.28. The second-order valence-corrected chi connectivity index (χ2v) is 5.51. The van der Waals surface area contributed by atoms with Crippen LogP contribution in [0.4, 0.5) is 10.9 Å². The zero-order valence-electron chi connectivity index (χ0n) is 10.1. The number of carbonyl (C=O) groups is 1. The molecule has 17 heavy (non-hydrogen) atoms. The zero-order chi connectivity index (χ0) is 12.4. The highest BCUT2D eigenvalue weighted by Crippen LogP contribution is 2.29. The molecule has 0 saturated heterocycles. The van der Waals surface area contributed by atoms with Gasteiger partial charge < -0.3 is 16.4 Å². The fourth-order valence-corrected chi connectivity index (χ4v) is 2.85. The predicted molar refractivity (Wildman–Crippen MR) is 70.3 cm³/mol. The van der Waals surface area contributed by atoms with Gasteiger partial charge in [0.25, 0.3) is 5.91 Å². The van der Waals surface area contributed by atoms with Crippen molar-refractivity contribution in [3.05, 3.63) is 4.88 Å². The number of anilines is 2. The van der Waals surface area contributed by atoms with E-state index in [-0.39, 0.29) is 5.91 Å². The van der Waals surface area contributed by atoms with Crippen molar-refractivity contribution in [3.63, 3.8) is 0 Å². The molecule has 2 rings (SSSR count). The highest BCUT2D eigenvalue weighted by molar-refractivity contribution is 7.18. The van der Waals surface area contributed by atoms with Gasteiger partial charge in [0, 0.05) is 12.6 Å². The third kappa shape index (κ3) is 2.69. The van der Waals surface area contributed by atoms with E-state index in [2.05, 4.69) is 22.5 Å². The van der Waals surface area contributed by atoms with Crippen LogP contribution in [0.15, 0.2) is 0 Å². The van der Waals surface area contributed by atoms with Crippen LogP contribution in [0.3, 0.4) is 0 Å². The molecule has 0 aromatic carbocycles. The van der Waals surface area contributed by atoms with Crippen molar-refractivity contribution in [1.29, 1.82) is 0 Å². The average Bonchev–Trinajstić information content (AvgIpc) is 2.58. The molecule has 1 aliphatic rings. The van der Waals surface area contributed by atoms with Gasteiger partial charge in [0.05, 0.1) is 0 Å². The van der Waals surface area contributed by atoms with Crippen LogP contribution in [0, 0.1) is 5.92 Å². The minimum atomic E-state index is -0.0962. The Morgan fingerprint density at radius 3 is 2.88 bits per heavy atom. The number of hydrogen-bond donors (Lipinski definition) is 3. The van der Waals surface area contributed by atoms with Crippen molar-refractivity contribution in [1.82, 2.24) is 10.3 Å². The number of aromatic nitrogens is 1. The smallest absolute Gasteiger partial charge is 0.265 e. The molecule has 0 radical (unpaired) electrons. The molecule has 94 valence electrons. The highest BCUT2D eigenvalue weighted by atomic mass is 32.1. The molecular weight excluding hydrogens is 236 g/mol. The molecule has 1 aromatic heterocycles. The third-order valence-electron chi connectivity index (χ3n) is 2.90. The van der Waals surface area contributed by atoms with E-state index in [9.17, 15) is 4.79 Å². The van der Waals surface area contributed by atoms with Gasteiger partial charge in [-0.05, 0) is 25.7 Å². The van der Waals surface area contributed by atoms with E-state index < -0.39 is 0 Å².